The van der Waals surface area contributed by atoms with Gasteiger partial charge in [0.05, 0.1) is 18.6 Å². The zero-order valence-corrected chi connectivity index (χ0v) is 10.5. The highest BCUT2D eigenvalue weighted by Gasteiger charge is 2.12. The zero-order chi connectivity index (χ0) is 13.7. The Hall–Kier alpha value is -2.29. The first-order chi connectivity index (χ1) is 9.15. The molecule has 8 nitrogen and oxygen atoms in total. The van der Waals surface area contributed by atoms with Gasteiger partial charge >= 0.3 is 0 Å². The lowest BCUT2D eigenvalue weighted by Crippen LogP contribution is -2.34. The summed E-state index contributed by atoms with van der Waals surface area (Å²) in [6.45, 7) is -0.194. The number of furan rings is 1. The monoisotopic (exact) mass is 282 g/mol. The van der Waals surface area contributed by atoms with Crippen LogP contribution < -0.4 is 11.1 Å². The summed E-state index contributed by atoms with van der Waals surface area (Å²) in [5.74, 6) is -0.201. The second kappa shape index (κ2) is 6.05. The molecule has 19 heavy (non-hydrogen) atoms. The summed E-state index contributed by atoms with van der Waals surface area (Å²) in [7, 11) is 0. The van der Waals surface area contributed by atoms with Crippen molar-refractivity contribution in [2.24, 2.45) is 5.73 Å². The van der Waals surface area contributed by atoms with Gasteiger partial charge in [0.2, 0.25) is 11.8 Å². The van der Waals surface area contributed by atoms with E-state index in [0.29, 0.717) is 5.76 Å². The molecule has 2 heterocycles. The minimum Gasteiger partial charge on any atom is -0.459 e. The smallest absolute Gasteiger partial charge is 0.284 e. The normalized spacial score (nSPS) is 10.3. The lowest BCUT2D eigenvalue weighted by Gasteiger charge is -1.99. The summed E-state index contributed by atoms with van der Waals surface area (Å²) >= 11 is 1.05. The van der Waals surface area contributed by atoms with Crippen LogP contribution in [0.3, 0.4) is 0 Å². The standard InChI is InChI=1S/C10H10N4O4S/c11-7(15)4-12-8(16)5-19-10-14-13-9(18-10)6-2-1-3-17-6/h1-3H,4-5H2,(H2,11,15)(H,12,16). The molecular formula is C10H10N4O4S. The van der Waals surface area contributed by atoms with Crippen molar-refractivity contribution in [3.8, 4) is 11.7 Å². The van der Waals surface area contributed by atoms with E-state index in [1.807, 2.05) is 0 Å². The highest BCUT2D eigenvalue weighted by atomic mass is 32.2. The Morgan fingerprint density at radius 1 is 1.42 bits per heavy atom. The number of hydrogen-bond donors (Lipinski definition) is 2. The lowest BCUT2D eigenvalue weighted by atomic mass is 10.5. The largest absolute Gasteiger partial charge is 0.459 e. The molecule has 0 aliphatic rings. The van der Waals surface area contributed by atoms with Crippen LogP contribution in [0.2, 0.25) is 0 Å². The van der Waals surface area contributed by atoms with Crippen LogP contribution in [0.4, 0.5) is 0 Å². The third-order valence-corrected chi connectivity index (χ3v) is 2.74. The van der Waals surface area contributed by atoms with E-state index in [1.54, 1.807) is 12.1 Å². The molecular weight excluding hydrogens is 272 g/mol. The summed E-state index contributed by atoms with van der Waals surface area (Å²) in [6.07, 6.45) is 1.49. The van der Waals surface area contributed by atoms with Crippen LogP contribution in [0.25, 0.3) is 11.7 Å². The molecule has 2 amide bonds. The van der Waals surface area contributed by atoms with Crippen LogP contribution in [-0.4, -0.2) is 34.3 Å². The van der Waals surface area contributed by atoms with Gasteiger partial charge in [-0.05, 0) is 12.1 Å². The van der Waals surface area contributed by atoms with Gasteiger partial charge in [-0.2, -0.15) is 0 Å². The van der Waals surface area contributed by atoms with Crippen molar-refractivity contribution < 1.29 is 18.4 Å². The molecule has 0 radical (unpaired) electrons. The maximum Gasteiger partial charge on any atom is 0.284 e. The number of nitrogens with one attached hydrogen (secondary N) is 1. The maximum atomic E-state index is 11.3. The number of carbonyl (C=O) groups is 2. The summed E-state index contributed by atoms with van der Waals surface area (Å²) in [5, 5.41) is 10.1. The van der Waals surface area contributed by atoms with Crippen LogP contribution in [0.5, 0.6) is 0 Å². The van der Waals surface area contributed by atoms with E-state index in [2.05, 4.69) is 15.5 Å². The average Bonchev–Trinajstić information content (AvgIpc) is 3.03. The van der Waals surface area contributed by atoms with E-state index in [9.17, 15) is 9.59 Å². The number of hydrogen-bond acceptors (Lipinski definition) is 7. The fourth-order valence-electron chi connectivity index (χ4n) is 1.13. The van der Waals surface area contributed by atoms with Crippen LogP contribution in [0.1, 0.15) is 0 Å². The summed E-state index contributed by atoms with van der Waals surface area (Å²) in [6, 6.07) is 3.38. The van der Waals surface area contributed by atoms with Crippen LogP contribution in [0.15, 0.2) is 32.5 Å². The van der Waals surface area contributed by atoms with Gasteiger partial charge in [-0.3, -0.25) is 9.59 Å². The summed E-state index contributed by atoms with van der Waals surface area (Å²) in [4.78, 5) is 21.8. The molecule has 0 aliphatic carbocycles. The minimum atomic E-state index is -0.601. The van der Waals surface area contributed by atoms with Gasteiger partial charge in [0.1, 0.15) is 0 Å². The molecule has 0 fully saturated rings. The van der Waals surface area contributed by atoms with E-state index >= 15 is 0 Å². The lowest BCUT2D eigenvalue weighted by molar-refractivity contribution is -0.123. The van der Waals surface area contributed by atoms with Gasteiger partial charge in [0.15, 0.2) is 5.76 Å². The van der Waals surface area contributed by atoms with Crippen molar-refractivity contribution in [2.45, 2.75) is 5.22 Å². The van der Waals surface area contributed by atoms with Crippen LogP contribution in [0, 0.1) is 0 Å². The molecule has 0 unspecified atom stereocenters. The highest BCUT2D eigenvalue weighted by molar-refractivity contribution is 7.99. The molecule has 0 spiro atoms. The predicted octanol–water partition coefficient (Wildman–Crippen LogP) is 0.0232. The molecule has 100 valence electrons. The number of amides is 2. The molecule has 0 saturated carbocycles. The number of nitrogens with zero attached hydrogens (tertiary/aromatic N) is 2. The van der Waals surface area contributed by atoms with Crippen molar-refractivity contribution in [3.63, 3.8) is 0 Å². The van der Waals surface area contributed by atoms with Gasteiger partial charge in [-0.1, -0.05) is 11.8 Å². The van der Waals surface area contributed by atoms with Gasteiger partial charge in [-0.15, -0.1) is 10.2 Å². The number of thioether (sulfide) groups is 1. The van der Waals surface area contributed by atoms with Crippen LogP contribution >= 0.6 is 11.8 Å². The van der Waals surface area contributed by atoms with Crippen molar-refractivity contribution in [3.05, 3.63) is 18.4 Å². The topological polar surface area (TPSA) is 124 Å². The summed E-state index contributed by atoms with van der Waals surface area (Å²) in [5.41, 5.74) is 4.89. The first kappa shape index (κ1) is 13.1. The fourth-order valence-corrected chi connectivity index (χ4v) is 1.72. The van der Waals surface area contributed by atoms with Crippen molar-refractivity contribution in [1.29, 1.82) is 0 Å². The molecule has 2 aromatic rings. The third kappa shape index (κ3) is 3.85. The van der Waals surface area contributed by atoms with Gasteiger partial charge in [0.25, 0.3) is 11.1 Å². The second-order valence-corrected chi connectivity index (χ2v) is 4.31. The van der Waals surface area contributed by atoms with E-state index < -0.39 is 5.91 Å². The molecule has 2 rings (SSSR count). The van der Waals surface area contributed by atoms with E-state index in [-0.39, 0.29) is 29.3 Å². The minimum absolute atomic E-state index is 0.0487. The molecule has 0 aromatic carbocycles. The fraction of sp³-hybridized carbons (Fsp3) is 0.200. The number of nitrogens with two attached hydrogens (primary N) is 1. The third-order valence-electron chi connectivity index (χ3n) is 1.92. The van der Waals surface area contributed by atoms with Crippen LogP contribution in [-0.2, 0) is 9.59 Å². The first-order valence-electron chi connectivity index (χ1n) is 5.20. The number of aromatic nitrogens is 2. The van der Waals surface area contributed by atoms with E-state index in [0.717, 1.165) is 11.8 Å². The SMILES string of the molecule is NC(=O)CNC(=O)CSc1nnc(-c2ccco2)o1. The van der Waals surface area contributed by atoms with Gasteiger partial charge < -0.3 is 19.9 Å². The quantitative estimate of drug-likeness (QED) is 0.716. The molecule has 0 aliphatic heterocycles. The zero-order valence-electron chi connectivity index (χ0n) is 9.66. The molecule has 9 heteroatoms. The predicted molar refractivity (Wildman–Crippen MR) is 64.9 cm³/mol. The van der Waals surface area contributed by atoms with Crippen molar-refractivity contribution in [1.82, 2.24) is 15.5 Å². The highest BCUT2D eigenvalue weighted by Crippen LogP contribution is 2.22. The Balaban J connectivity index is 1.84. The van der Waals surface area contributed by atoms with Crippen molar-refractivity contribution >= 4 is 23.6 Å². The van der Waals surface area contributed by atoms with Crippen molar-refractivity contribution in [2.75, 3.05) is 12.3 Å². The molecule has 0 bridgehead atoms. The van der Waals surface area contributed by atoms with Gasteiger partial charge in [-0.25, -0.2) is 0 Å². The molecule has 0 saturated heterocycles. The summed E-state index contributed by atoms with van der Waals surface area (Å²) < 4.78 is 10.4. The number of rotatable bonds is 6. The van der Waals surface area contributed by atoms with E-state index in [4.69, 9.17) is 14.6 Å². The Morgan fingerprint density at radius 3 is 2.95 bits per heavy atom. The molecule has 3 N–H and O–H groups in total. The number of carbonyl (C=O) groups excluding carboxylic acids is 2. The van der Waals surface area contributed by atoms with Gasteiger partial charge in [0, 0.05) is 0 Å². The Bertz CT molecular complexity index is 566. The molecule has 2 aromatic heterocycles. The average molecular weight is 282 g/mol. The number of primary amides is 1. The Kier molecular flexibility index (Phi) is 4.18. The Labute approximate surface area is 111 Å². The first-order valence-corrected chi connectivity index (χ1v) is 6.19. The second-order valence-electron chi connectivity index (χ2n) is 3.38. The molecule has 0 atom stereocenters. The maximum absolute atomic E-state index is 11.3. The van der Waals surface area contributed by atoms with E-state index in [1.165, 1.54) is 6.26 Å². The Morgan fingerprint density at radius 2 is 2.26 bits per heavy atom.